The first-order valence-electron chi connectivity index (χ1n) is 5.30. The third-order valence-electron chi connectivity index (χ3n) is 2.42. The minimum absolute atomic E-state index is 0.0229. The Morgan fingerprint density at radius 2 is 1.79 bits per heavy atom. The number of carboxylic acid groups (broad SMARTS) is 1. The maximum atomic E-state index is 10.8. The second-order valence-electron chi connectivity index (χ2n) is 3.81. The molecule has 6 heteroatoms. The topological polar surface area (TPSA) is 113 Å². The van der Waals surface area contributed by atoms with Gasteiger partial charge in [-0.2, -0.15) is 0 Å². The van der Waals surface area contributed by atoms with E-state index in [1.807, 2.05) is 0 Å². The van der Waals surface area contributed by atoms with Crippen LogP contribution in [0, 0.1) is 0 Å². The van der Waals surface area contributed by atoms with Crippen molar-refractivity contribution < 1.29 is 24.9 Å². The number of nitrogen functional groups attached to an aromatic ring is 1. The van der Waals surface area contributed by atoms with Crippen LogP contribution in [0.4, 0.5) is 5.69 Å². The third-order valence-corrected chi connectivity index (χ3v) is 2.42. The van der Waals surface area contributed by atoms with E-state index in [0.717, 1.165) is 0 Å². The zero-order valence-electron chi connectivity index (χ0n) is 9.70. The van der Waals surface area contributed by atoms with Crippen LogP contribution < -0.4 is 10.5 Å². The van der Waals surface area contributed by atoms with Crippen molar-refractivity contribution >= 4 is 11.7 Å². The molecule has 0 spiro atoms. The molecule has 98 valence electrons. The Morgan fingerprint density at radius 1 is 1.05 bits per heavy atom. The third kappa shape index (κ3) is 2.68. The van der Waals surface area contributed by atoms with Gasteiger partial charge in [-0.05, 0) is 30.3 Å². The minimum atomic E-state index is -1.10. The van der Waals surface area contributed by atoms with E-state index in [0.29, 0.717) is 0 Å². The Hall–Kier alpha value is -2.89. The average molecular weight is 261 g/mol. The highest BCUT2D eigenvalue weighted by Gasteiger charge is 2.10. The van der Waals surface area contributed by atoms with Gasteiger partial charge in [-0.25, -0.2) is 4.79 Å². The molecule has 0 aliphatic heterocycles. The summed E-state index contributed by atoms with van der Waals surface area (Å²) >= 11 is 0. The van der Waals surface area contributed by atoms with Gasteiger partial charge in [-0.1, -0.05) is 0 Å². The number of carboxylic acids is 1. The fraction of sp³-hybridized carbons (Fsp3) is 0. The number of ether oxygens (including phenoxy) is 1. The molecule has 0 atom stereocenters. The van der Waals surface area contributed by atoms with Gasteiger partial charge in [0.2, 0.25) is 0 Å². The maximum absolute atomic E-state index is 10.8. The van der Waals surface area contributed by atoms with Gasteiger partial charge in [-0.3, -0.25) is 0 Å². The molecule has 2 aromatic carbocycles. The van der Waals surface area contributed by atoms with Crippen LogP contribution in [0.5, 0.6) is 23.0 Å². The van der Waals surface area contributed by atoms with E-state index < -0.39 is 5.97 Å². The minimum Gasteiger partial charge on any atom is -0.508 e. The molecule has 2 rings (SSSR count). The number of aromatic carboxylic acids is 1. The van der Waals surface area contributed by atoms with Gasteiger partial charge in [0, 0.05) is 6.07 Å². The monoisotopic (exact) mass is 261 g/mol. The van der Waals surface area contributed by atoms with Crippen molar-refractivity contribution in [3.8, 4) is 23.0 Å². The Balaban J connectivity index is 2.33. The van der Waals surface area contributed by atoms with E-state index in [9.17, 15) is 15.0 Å². The fourth-order valence-electron chi connectivity index (χ4n) is 1.48. The standard InChI is InChI=1S/C13H11NO5/c14-9-5-7(13(17)18)1-4-11(9)19-12-6-8(15)2-3-10(12)16/h1-6,15-16H,14H2,(H,17,18). The van der Waals surface area contributed by atoms with Crippen LogP contribution in [0.1, 0.15) is 10.4 Å². The normalized spacial score (nSPS) is 10.1. The number of nitrogens with two attached hydrogens (primary N) is 1. The average Bonchev–Trinajstić information content (AvgIpc) is 2.36. The van der Waals surface area contributed by atoms with Gasteiger partial charge >= 0.3 is 5.97 Å². The Bertz CT molecular complexity index is 639. The Labute approximate surface area is 108 Å². The molecule has 0 aromatic heterocycles. The maximum Gasteiger partial charge on any atom is 0.335 e. The molecule has 0 radical (unpaired) electrons. The molecule has 2 aromatic rings. The molecule has 0 bridgehead atoms. The lowest BCUT2D eigenvalue weighted by Crippen LogP contribution is -1.99. The zero-order chi connectivity index (χ0) is 14.0. The first kappa shape index (κ1) is 12.6. The molecule has 19 heavy (non-hydrogen) atoms. The van der Waals surface area contributed by atoms with E-state index in [1.165, 1.54) is 36.4 Å². The Morgan fingerprint density at radius 3 is 2.42 bits per heavy atom. The zero-order valence-corrected chi connectivity index (χ0v) is 9.70. The summed E-state index contributed by atoms with van der Waals surface area (Å²) in [6, 6.07) is 7.75. The van der Waals surface area contributed by atoms with Crippen LogP contribution in [0.15, 0.2) is 36.4 Å². The smallest absolute Gasteiger partial charge is 0.335 e. The number of hydrogen-bond acceptors (Lipinski definition) is 5. The lowest BCUT2D eigenvalue weighted by Gasteiger charge is -2.10. The van der Waals surface area contributed by atoms with Crippen molar-refractivity contribution in [2.45, 2.75) is 0 Å². The van der Waals surface area contributed by atoms with Crippen molar-refractivity contribution in [3.05, 3.63) is 42.0 Å². The summed E-state index contributed by atoms with van der Waals surface area (Å²) in [6.45, 7) is 0. The van der Waals surface area contributed by atoms with Crippen molar-refractivity contribution in [2.24, 2.45) is 0 Å². The highest BCUT2D eigenvalue weighted by atomic mass is 16.5. The molecule has 0 saturated heterocycles. The van der Waals surface area contributed by atoms with Crippen LogP contribution >= 0.6 is 0 Å². The van der Waals surface area contributed by atoms with Crippen molar-refractivity contribution in [3.63, 3.8) is 0 Å². The number of phenolic OH excluding ortho intramolecular Hbond substituents is 2. The molecular formula is C13H11NO5. The Kier molecular flexibility index (Phi) is 3.15. The number of benzene rings is 2. The van der Waals surface area contributed by atoms with Crippen LogP contribution in [0.2, 0.25) is 0 Å². The summed E-state index contributed by atoms with van der Waals surface area (Å²) in [4.78, 5) is 10.8. The highest BCUT2D eigenvalue weighted by Crippen LogP contribution is 2.35. The number of phenols is 2. The molecule has 0 amide bonds. The molecule has 0 aliphatic rings. The summed E-state index contributed by atoms with van der Waals surface area (Å²) in [5.74, 6) is -1.13. The predicted octanol–water partition coefficient (Wildman–Crippen LogP) is 2.17. The summed E-state index contributed by atoms with van der Waals surface area (Å²) in [7, 11) is 0. The summed E-state index contributed by atoms with van der Waals surface area (Å²) < 4.78 is 5.33. The largest absolute Gasteiger partial charge is 0.508 e. The molecule has 6 nitrogen and oxygen atoms in total. The molecule has 5 N–H and O–H groups in total. The second-order valence-corrected chi connectivity index (χ2v) is 3.81. The second kappa shape index (κ2) is 4.77. The predicted molar refractivity (Wildman–Crippen MR) is 67.7 cm³/mol. The molecule has 0 aliphatic carbocycles. The number of anilines is 1. The van der Waals surface area contributed by atoms with Crippen LogP contribution in [-0.2, 0) is 0 Å². The van der Waals surface area contributed by atoms with E-state index >= 15 is 0 Å². The van der Waals surface area contributed by atoms with Crippen LogP contribution in [0.25, 0.3) is 0 Å². The first-order valence-corrected chi connectivity index (χ1v) is 5.30. The fourth-order valence-corrected chi connectivity index (χ4v) is 1.48. The van der Waals surface area contributed by atoms with Crippen molar-refractivity contribution in [1.29, 1.82) is 0 Å². The highest BCUT2D eigenvalue weighted by molar-refractivity contribution is 5.89. The molecule has 0 heterocycles. The van der Waals surface area contributed by atoms with Crippen molar-refractivity contribution in [2.75, 3.05) is 5.73 Å². The summed E-state index contributed by atoms with van der Waals surface area (Å²) in [5.41, 5.74) is 5.81. The van der Waals surface area contributed by atoms with Gasteiger partial charge in [-0.15, -0.1) is 0 Å². The number of carbonyl (C=O) groups is 1. The quantitative estimate of drug-likeness (QED) is 0.497. The van der Waals surface area contributed by atoms with Gasteiger partial charge in [0.05, 0.1) is 11.3 Å². The van der Waals surface area contributed by atoms with E-state index in [-0.39, 0.29) is 34.2 Å². The number of rotatable bonds is 3. The molecule has 0 saturated carbocycles. The van der Waals surface area contributed by atoms with Crippen LogP contribution in [0.3, 0.4) is 0 Å². The first-order chi connectivity index (χ1) is 8.97. The molecule has 0 fully saturated rings. The summed E-state index contributed by atoms with van der Waals surface area (Å²) in [6.07, 6.45) is 0. The van der Waals surface area contributed by atoms with E-state index in [1.54, 1.807) is 0 Å². The lowest BCUT2D eigenvalue weighted by molar-refractivity contribution is 0.0697. The van der Waals surface area contributed by atoms with Gasteiger partial charge in [0.25, 0.3) is 0 Å². The van der Waals surface area contributed by atoms with Crippen LogP contribution in [-0.4, -0.2) is 21.3 Å². The van der Waals surface area contributed by atoms with Crippen molar-refractivity contribution in [1.82, 2.24) is 0 Å². The van der Waals surface area contributed by atoms with Gasteiger partial charge in [0.15, 0.2) is 17.2 Å². The lowest BCUT2D eigenvalue weighted by atomic mass is 10.2. The molecular weight excluding hydrogens is 250 g/mol. The van der Waals surface area contributed by atoms with E-state index in [4.69, 9.17) is 15.6 Å². The summed E-state index contributed by atoms with van der Waals surface area (Å²) in [5, 5.41) is 27.7. The SMILES string of the molecule is Nc1cc(C(=O)O)ccc1Oc1cc(O)ccc1O. The van der Waals surface area contributed by atoms with E-state index in [2.05, 4.69) is 0 Å². The number of aromatic hydroxyl groups is 2. The number of hydrogen-bond donors (Lipinski definition) is 4. The van der Waals surface area contributed by atoms with Gasteiger partial charge in [0.1, 0.15) is 5.75 Å². The van der Waals surface area contributed by atoms with Gasteiger partial charge < -0.3 is 25.8 Å². The molecule has 0 unspecified atom stereocenters.